The molecule has 0 aliphatic rings. The van der Waals surface area contributed by atoms with Gasteiger partial charge >= 0.3 is 0 Å². The molecule has 0 fully saturated rings. The largest absolute Gasteiger partial charge is 0.0999 e. The SMILES string of the molecule is CP(Cc1ccc(CP(C)C(C)(C)C)cc1)C(C)(C)C. The van der Waals surface area contributed by atoms with Gasteiger partial charge in [0.15, 0.2) is 0 Å². The topological polar surface area (TPSA) is 0 Å². The van der Waals surface area contributed by atoms with Gasteiger partial charge in [-0.25, -0.2) is 0 Å². The Morgan fingerprint density at radius 2 is 0.900 bits per heavy atom. The van der Waals surface area contributed by atoms with Gasteiger partial charge in [0, 0.05) is 0 Å². The second-order valence-electron chi connectivity index (χ2n) is 7.87. The predicted octanol–water partition coefficient (Wildman–Crippen LogP) is 6.51. The molecule has 0 radical (unpaired) electrons. The van der Waals surface area contributed by atoms with Crippen LogP contribution in [0.1, 0.15) is 52.7 Å². The van der Waals surface area contributed by atoms with Crippen LogP contribution in [0.3, 0.4) is 0 Å². The number of benzene rings is 1. The molecule has 2 atom stereocenters. The predicted molar refractivity (Wildman–Crippen MR) is 99.0 cm³/mol. The van der Waals surface area contributed by atoms with Crippen molar-refractivity contribution < 1.29 is 0 Å². The lowest BCUT2D eigenvalue weighted by atomic mass is 10.2. The first-order valence-corrected chi connectivity index (χ1v) is 11.5. The highest BCUT2D eigenvalue weighted by Gasteiger charge is 2.20. The number of hydrogen-bond acceptors (Lipinski definition) is 0. The molecule has 0 nitrogen and oxygen atoms in total. The van der Waals surface area contributed by atoms with E-state index < -0.39 is 0 Å². The van der Waals surface area contributed by atoms with E-state index in [1.165, 1.54) is 23.5 Å². The van der Waals surface area contributed by atoms with Crippen molar-refractivity contribution >= 4 is 15.8 Å². The van der Waals surface area contributed by atoms with Gasteiger partial charge in [0.25, 0.3) is 0 Å². The smallest absolute Gasteiger partial charge is 0.00709 e. The Bertz CT molecular complexity index is 366. The second-order valence-corrected chi connectivity index (χ2v) is 14.0. The molecule has 1 aromatic carbocycles. The van der Waals surface area contributed by atoms with E-state index in [1.54, 1.807) is 0 Å². The second kappa shape index (κ2) is 6.89. The molecule has 0 bridgehead atoms. The summed E-state index contributed by atoms with van der Waals surface area (Å²) in [7, 11) is 0.123. The molecular formula is C18H32P2. The Balaban J connectivity index is 2.66. The zero-order valence-corrected chi connectivity index (χ0v) is 16.4. The highest BCUT2D eigenvalue weighted by atomic mass is 31.1. The minimum atomic E-state index is 0.0613. The van der Waals surface area contributed by atoms with Crippen LogP contribution in [-0.2, 0) is 12.3 Å². The van der Waals surface area contributed by atoms with Gasteiger partial charge in [-0.05, 0) is 47.1 Å². The third-order valence-corrected chi connectivity index (χ3v) is 10.4. The van der Waals surface area contributed by atoms with Crippen LogP contribution in [0.4, 0.5) is 0 Å². The van der Waals surface area contributed by atoms with Crippen LogP contribution in [0.5, 0.6) is 0 Å². The van der Waals surface area contributed by atoms with Crippen LogP contribution in [0.2, 0.25) is 0 Å². The standard InChI is InChI=1S/C18H32P2/c1-17(2,3)19(7)13-15-9-11-16(12-10-15)14-20(8)18(4,5)6/h9-12H,13-14H2,1-8H3. The molecule has 0 saturated carbocycles. The van der Waals surface area contributed by atoms with Crippen molar-refractivity contribution in [2.24, 2.45) is 0 Å². The minimum Gasteiger partial charge on any atom is -0.0999 e. The van der Waals surface area contributed by atoms with Crippen LogP contribution in [0.25, 0.3) is 0 Å². The van der Waals surface area contributed by atoms with Crippen molar-refractivity contribution in [2.75, 3.05) is 13.3 Å². The Morgan fingerprint density at radius 3 is 1.10 bits per heavy atom. The lowest BCUT2D eigenvalue weighted by molar-refractivity contribution is 0.782. The Labute approximate surface area is 129 Å². The maximum atomic E-state index is 2.42. The van der Waals surface area contributed by atoms with E-state index in [0.717, 1.165) is 0 Å². The Hall–Kier alpha value is 0.0800. The summed E-state index contributed by atoms with van der Waals surface area (Å²) in [6, 6.07) is 9.41. The zero-order chi connectivity index (χ0) is 15.6. The van der Waals surface area contributed by atoms with Gasteiger partial charge in [0.1, 0.15) is 0 Å². The fourth-order valence-electron chi connectivity index (χ4n) is 1.77. The molecule has 1 rings (SSSR count). The lowest BCUT2D eigenvalue weighted by Gasteiger charge is -2.29. The highest BCUT2D eigenvalue weighted by Crippen LogP contribution is 2.50. The van der Waals surface area contributed by atoms with E-state index >= 15 is 0 Å². The quantitative estimate of drug-likeness (QED) is 0.556. The molecule has 114 valence electrons. The summed E-state index contributed by atoms with van der Waals surface area (Å²) in [5.74, 6) is 0. The molecule has 0 spiro atoms. The number of rotatable bonds is 4. The van der Waals surface area contributed by atoms with Crippen molar-refractivity contribution in [3.05, 3.63) is 35.4 Å². The molecule has 0 aromatic heterocycles. The lowest BCUT2D eigenvalue weighted by Crippen LogP contribution is -2.12. The molecule has 0 heterocycles. The fourth-order valence-corrected chi connectivity index (χ4v) is 4.24. The van der Waals surface area contributed by atoms with Crippen molar-refractivity contribution in [3.63, 3.8) is 0 Å². The van der Waals surface area contributed by atoms with Gasteiger partial charge in [-0.2, -0.15) is 0 Å². The average molecular weight is 310 g/mol. The first kappa shape index (κ1) is 18.1. The van der Waals surface area contributed by atoms with Crippen LogP contribution in [0, 0.1) is 0 Å². The summed E-state index contributed by atoms with van der Waals surface area (Å²) < 4.78 is 0. The van der Waals surface area contributed by atoms with E-state index in [2.05, 4.69) is 79.1 Å². The Morgan fingerprint density at radius 1 is 0.650 bits per heavy atom. The van der Waals surface area contributed by atoms with E-state index in [4.69, 9.17) is 0 Å². The van der Waals surface area contributed by atoms with Gasteiger partial charge in [-0.15, -0.1) is 0 Å². The molecule has 0 aliphatic heterocycles. The van der Waals surface area contributed by atoms with Gasteiger partial charge in [0.05, 0.1) is 0 Å². The molecule has 2 unspecified atom stereocenters. The van der Waals surface area contributed by atoms with Gasteiger partial charge < -0.3 is 0 Å². The molecule has 0 amide bonds. The molecule has 0 aliphatic carbocycles. The third kappa shape index (κ3) is 5.83. The van der Waals surface area contributed by atoms with Crippen LogP contribution in [0.15, 0.2) is 24.3 Å². The zero-order valence-electron chi connectivity index (χ0n) is 14.6. The number of hydrogen-bond donors (Lipinski definition) is 0. The third-order valence-electron chi connectivity index (χ3n) is 4.15. The maximum Gasteiger partial charge on any atom is -0.00709 e. The Kier molecular flexibility index (Phi) is 6.25. The molecule has 20 heavy (non-hydrogen) atoms. The van der Waals surface area contributed by atoms with Crippen molar-refractivity contribution in [2.45, 2.75) is 64.2 Å². The maximum absolute atomic E-state index is 2.42. The minimum absolute atomic E-state index is 0.0613. The van der Waals surface area contributed by atoms with Crippen molar-refractivity contribution in [1.29, 1.82) is 0 Å². The van der Waals surface area contributed by atoms with E-state index in [0.29, 0.717) is 10.3 Å². The summed E-state index contributed by atoms with van der Waals surface area (Å²) in [4.78, 5) is 0. The highest BCUT2D eigenvalue weighted by molar-refractivity contribution is 7.57. The van der Waals surface area contributed by atoms with Gasteiger partial charge in [-0.1, -0.05) is 81.7 Å². The average Bonchev–Trinajstić information content (AvgIpc) is 2.29. The first-order valence-electron chi connectivity index (χ1n) is 7.50. The van der Waals surface area contributed by atoms with Gasteiger partial charge in [-0.3, -0.25) is 0 Å². The summed E-state index contributed by atoms with van der Waals surface area (Å²) in [6.07, 6.45) is 2.50. The molecule has 1 aromatic rings. The van der Waals surface area contributed by atoms with Gasteiger partial charge in [0.2, 0.25) is 0 Å². The van der Waals surface area contributed by atoms with Crippen LogP contribution in [-0.4, -0.2) is 23.6 Å². The first-order chi connectivity index (χ1) is 9.00. The summed E-state index contributed by atoms with van der Waals surface area (Å²) >= 11 is 0. The summed E-state index contributed by atoms with van der Waals surface area (Å²) in [6.45, 7) is 19.0. The van der Waals surface area contributed by atoms with E-state index in [1.807, 2.05) is 0 Å². The molecule has 0 N–H and O–H groups in total. The van der Waals surface area contributed by atoms with E-state index in [-0.39, 0.29) is 15.8 Å². The molecule has 0 saturated heterocycles. The van der Waals surface area contributed by atoms with Crippen LogP contribution >= 0.6 is 15.8 Å². The molecule has 2 heteroatoms. The summed E-state index contributed by atoms with van der Waals surface area (Å²) in [5.41, 5.74) is 3.02. The molecular weight excluding hydrogens is 278 g/mol. The van der Waals surface area contributed by atoms with E-state index in [9.17, 15) is 0 Å². The monoisotopic (exact) mass is 310 g/mol. The van der Waals surface area contributed by atoms with Crippen molar-refractivity contribution in [3.8, 4) is 0 Å². The normalized spacial score (nSPS) is 16.0. The fraction of sp³-hybridized carbons (Fsp3) is 0.667. The summed E-state index contributed by atoms with van der Waals surface area (Å²) in [5, 5.41) is 0.913. The van der Waals surface area contributed by atoms with Crippen molar-refractivity contribution in [1.82, 2.24) is 0 Å². The van der Waals surface area contributed by atoms with Crippen LogP contribution < -0.4 is 0 Å².